The molecule has 0 bridgehead atoms. The predicted octanol–water partition coefficient (Wildman–Crippen LogP) is 6.27. The van der Waals surface area contributed by atoms with Crippen LogP contribution in [-0.4, -0.2) is 33.5 Å². The van der Waals surface area contributed by atoms with Crippen LogP contribution in [0.25, 0.3) is 4.85 Å². The fourth-order valence-electron chi connectivity index (χ4n) is 11.5. The Labute approximate surface area is 237 Å². The van der Waals surface area contributed by atoms with Gasteiger partial charge in [0.15, 0.2) is 17.7 Å². The molecule has 0 aromatic carbocycles. The van der Waals surface area contributed by atoms with Gasteiger partial charge in [0.05, 0.1) is 5.41 Å². The highest BCUT2D eigenvalue weighted by Gasteiger charge is 2.87. The van der Waals surface area contributed by atoms with Gasteiger partial charge in [-0.05, 0) is 86.0 Å². The Morgan fingerprint density at radius 2 is 1.75 bits per heavy atom. The van der Waals surface area contributed by atoms with Crippen LogP contribution >= 0.6 is 0 Å². The number of ketones is 2. The van der Waals surface area contributed by atoms with Crippen molar-refractivity contribution in [3.8, 4) is 0 Å². The number of nitrogens with zero attached hydrogens (tertiary/aromatic N) is 3. The molecule has 0 radical (unpaired) electrons. The van der Waals surface area contributed by atoms with Crippen molar-refractivity contribution in [3.63, 3.8) is 0 Å². The van der Waals surface area contributed by atoms with Crippen LogP contribution in [0.1, 0.15) is 98.7 Å². The average Bonchev–Trinajstić information content (AvgIpc) is 3.52. The summed E-state index contributed by atoms with van der Waals surface area (Å²) in [6, 6.07) is 0. The molecular formula is C33H43N3O4. The van der Waals surface area contributed by atoms with Gasteiger partial charge in [-0.1, -0.05) is 59.2 Å². The highest BCUT2D eigenvalue weighted by molar-refractivity contribution is 6.00. The van der Waals surface area contributed by atoms with Gasteiger partial charge in [-0.25, -0.2) is 6.57 Å². The zero-order valence-corrected chi connectivity index (χ0v) is 25.3. The highest BCUT2D eigenvalue weighted by Crippen LogP contribution is 2.78. The number of epoxide rings is 1. The average molecular weight is 546 g/mol. The molecule has 40 heavy (non-hydrogen) atoms. The maximum atomic E-state index is 14.7. The molecule has 0 spiro atoms. The monoisotopic (exact) mass is 545 g/mol. The van der Waals surface area contributed by atoms with Crippen LogP contribution in [0.2, 0.25) is 0 Å². The first-order chi connectivity index (χ1) is 18.6. The molecule has 1 aromatic heterocycles. The summed E-state index contributed by atoms with van der Waals surface area (Å²) < 4.78 is 12.1. The van der Waals surface area contributed by atoms with Crippen LogP contribution in [0, 0.1) is 64.7 Å². The number of fused-ring (bicyclic) bond motifs is 9. The number of ether oxygens (including phenoxy) is 1. The van der Waals surface area contributed by atoms with Gasteiger partial charge in [0.1, 0.15) is 0 Å². The number of Topliss-reactive ketones (excluding diaryl/α,β-unsaturated/α-hetero) is 1. The minimum Gasteiger partial charge on any atom is -0.339 e. The predicted molar refractivity (Wildman–Crippen MR) is 148 cm³/mol. The van der Waals surface area contributed by atoms with Gasteiger partial charge in [-0.3, -0.25) is 19.2 Å². The summed E-state index contributed by atoms with van der Waals surface area (Å²) in [4.78, 5) is 36.9. The Balaban J connectivity index is 1.41. The molecule has 5 fully saturated rings. The van der Waals surface area contributed by atoms with E-state index in [4.69, 9.17) is 20.8 Å². The minimum absolute atomic E-state index is 0.0276. The van der Waals surface area contributed by atoms with Gasteiger partial charge >= 0.3 is 5.72 Å². The number of allylic oxidation sites excluding steroid dienone is 1. The molecule has 0 amide bonds. The van der Waals surface area contributed by atoms with Crippen molar-refractivity contribution in [2.24, 2.45) is 51.2 Å². The quantitative estimate of drug-likeness (QED) is 0.305. The van der Waals surface area contributed by atoms with Gasteiger partial charge in [0.25, 0.3) is 5.78 Å². The van der Waals surface area contributed by atoms with E-state index in [-0.39, 0.29) is 45.6 Å². The fourth-order valence-corrected chi connectivity index (χ4v) is 11.5. The third kappa shape index (κ3) is 2.67. The van der Waals surface area contributed by atoms with Crippen molar-refractivity contribution in [1.82, 2.24) is 10.1 Å². The van der Waals surface area contributed by atoms with E-state index in [1.54, 1.807) is 0 Å². The lowest BCUT2D eigenvalue weighted by molar-refractivity contribution is -0.170. The Bertz CT molecular complexity index is 1420. The van der Waals surface area contributed by atoms with Crippen LogP contribution in [0.5, 0.6) is 0 Å². The number of aromatic nitrogens is 2. The Morgan fingerprint density at radius 3 is 2.40 bits per heavy atom. The standard InChI is InChI=1S/C33H43N3O4/c1-17-10-13-32(27-35-19(3)36-40-27)15-14-30(7)24(23(32)18(17)2)20(37)16-22-29(30,6)12-11-21-28(4,5)25(38)33(34-9)26(39-33)31(21,22)8/h16-18,21,23-24,26H,10-15H2,1-8H3/t17-,18+,21+,23+,24-,26?,29-,30-,31+,32+,33+/m1/s1. The van der Waals surface area contributed by atoms with E-state index in [1.807, 2.05) is 26.8 Å². The second-order valence-corrected chi connectivity index (χ2v) is 15.6. The summed E-state index contributed by atoms with van der Waals surface area (Å²) in [6.07, 6.45) is 7.19. The minimum atomic E-state index is -1.40. The van der Waals surface area contributed by atoms with E-state index in [0.29, 0.717) is 17.7 Å². The topological polar surface area (TPSA) is 89.9 Å². The van der Waals surface area contributed by atoms with Gasteiger partial charge in [-0.2, -0.15) is 4.98 Å². The van der Waals surface area contributed by atoms with E-state index in [1.165, 1.54) is 0 Å². The third-order valence-corrected chi connectivity index (χ3v) is 14.0. The van der Waals surface area contributed by atoms with Crippen molar-refractivity contribution in [2.75, 3.05) is 0 Å². The van der Waals surface area contributed by atoms with Crippen molar-refractivity contribution >= 4 is 11.6 Å². The number of rotatable bonds is 1. The number of carbonyl (C=O) groups is 2. The SMILES string of the molecule is [C-]#[N+][C@@]12OC1[C@]1(C)C3=CC(=O)[C@@H]4[C@@H]5[C@@H](C)[C@H](C)CC[C@]5(c5nc(C)no5)CC[C@@]4(C)[C@]3(C)CC[C@H]1C(C)(C)C2=O. The molecule has 0 N–H and O–H groups in total. The molecule has 2 heterocycles. The summed E-state index contributed by atoms with van der Waals surface area (Å²) in [6.45, 7) is 25.4. The van der Waals surface area contributed by atoms with Crippen LogP contribution in [-0.2, 0) is 19.7 Å². The summed E-state index contributed by atoms with van der Waals surface area (Å²) in [5, 5.41) is 4.19. The zero-order valence-electron chi connectivity index (χ0n) is 25.3. The number of hydrogen-bond donors (Lipinski definition) is 0. The molecule has 1 aliphatic heterocycles. The Kier molecular flexibility index (Phi) is 5.01. The second kappa shape index (κ2) is 7.54. The lowest BCUT2D eigenvalue weighted by Gasteiger charge is -2.69. The van der Waals surface area contributed by atoms with Gasteiger partial charge in [0, 0.05) is 16.7 Å². The Hall–Kier alpha value is -2.33. The molecule has 7 rings (SSSR count). The molecule has 7 nitrogen and oxygen atoms in total. The van der Waals surface area contributed by atoms with Gasteiger partial charge in [-0.15, -0.1) is 0 Å². The van der Waals surface area contributed by atoms with Crippen molar-refractivity contribution in [2.45, 2.75) is 111 Å². The number of aryl methyl sites for hydroxylation is 1. The highest BCUT2D eigenvalue weighted by atomic mass is 16.6. The van der Waals surface area contributed by atoms with E-state index in [9.17, 15) is 9.59 Å². The molecule has 7 heteroatoms. The van der Waals surface area contributed by atoms with Crippen molar-refractivity contribution < 1.29 is 18.8 Å². The third-order valence-electron chi connectivity index (χ3n) is 14.0. The van der Waals surface area contributed by atoms with Crippen LogP contribution < -0.4 is 0 Å². The number of hydrogen-bond acceptors (Lipinski definition) is 6. The number of carbonyl (C=O) groups excluding carboxylic acids is 2. The second-order valence-electron chi connectivity index (χ2n) is 15.6. The van der Waals surface area contributed by atoms with E-state index in [0.717, 1.165) is 50.0 Å². The molecule has 4 saturated carbocycles. The van der Waals surface area contributed by atoms with Crippen LogP contribution in [0.3, 0.4) is 0 Å². The van der Waals surface area contributed by atoms with Crippen LogP contribution in [0.15, 0.2) is 16.2 Å². The van der Waals surface area contributed by atoms with E-state index >= 15 is 0 Å². The molecular weight excluding hydrogens is 502 g/mol. The van der Waals surface area contributed by atoms with Gasteiger partial charge < -0.3 is 4.52 Å². The van der Waals surface area contributed by atoms with Crippen molar-refractivity contribution in [1.29, 1.82) is 0 Å². The summed E-state index contributed by atoms with van der Waals surface area (Å²) in [7, 11) is 0. The summed E-state index contributed by atoms with van der Waals surface area (Å²) in [5.41, 5.74) is -2.30. The molecule has 11 atom stereocenters. The molecule has 1 aromatic rings. The summed E-state index contributed by atoms with van der Waals surface area (Å²) >= 11 is 0. The van der Waals surface area contributed by atoms with E-state index in [2.05, 4.69) is 44.6 Å². The fraction of sp³-hybridized carbons (Fsp3) is 0.788. The summed E-state index contributed by atoms with van der Waals surface area (Å²) in [5.74, 6) is 2.34. The van der Waals surface area contributed by atoms with Crippen molar-refractivity contribution in [3.05, 3.63) is 34.8 Å². The van der Waals surface area contributed by atoms with Gasteiger partial charge in [0.2, 0.25) is 5.89 Å². The lowest BCUT2D eigenvalue weighted by atomic mass is 9.33. The smallest absolute Gasteiger partial charge is 0.339 e. The lowest BCUT2D eigenvalue weighted by Crippen LogP contribution is -2.68. The maximum Gasteiger partial charge on any atom is 0.424 e. The first-order valence-corrected chi connectivity index (χ1v) is 15.3. The Morgan fingerprint density at radius 1 is 1.02 bits per heavy atom. The molecule has 1 unspecified atom stereocenters. The normalized spacial score (nSPS) is 52.2. The largest absolute Gasteiger partial charge is 0.424 e. The molecule has 214 valence electrons. The van der Waals surface area contributed by atoms with Crippen LogP contribution in [0.4, 0.5) is 0 Å². The molecule has 1 saturated heterocycles. The molecule has 6 aliphatic rings. The first kappa shape index (κ1) is 26.6. The maximum absolute atomic E-state index is 14.7. The zero-order chi connectivity index (χ0) is 28.8. The molecule has 5 aliphatic carbocycles. The first-order valence-electron chi connectivity index (χ1n) is 15.3. The van der Waals surface area contributed by atoms with E-state index < -0.39 is 22.7 Å².